The van der Waals surface area contributed by atoms with Gasteiger partial charge in [0.2, 0.25) is 0 Å². The lowest BCUT2D eigenvalue weighted by Crippen LogP contribution is -2.36. The minimum absolute atomic E-state index is 0.0810. The SMILES string of the molecule is COc1ccc(C(=O)C2CCN(c3ccc(OC(F)(F)F)cn3)CC2)cc1. The van der Waals surface area contributed by atoms with Gasteiger partial charge in [-0.15, -0.1) is 13.2 Å². The molecule has 8 heteroatoms. The summed E-state index contributed by atoms with van der Waals surface area (Å²) in [4.78, 5) is 18.6. The molecule has 1 aliphatic heterocycles. The number of carbonyl (C=O) groups excluding carboxylic acids is 1. The van der Waals surface area contributed by atoms with E-state index < -0.39 is 6.36 Å². The second kappa shape index (κ2) is 7.85. The maximum atomic E-state index is 12.6. The number of hydrogen-bond acceptors (Lipinski definition) is 5. The molecule has 0 saturated carbocycles. The number of nitrogens with zero attached hydrogens (tertiary/aromatic N) is 2. The molecule has 0 spiro atoms. The number of benzene rings is 1. The van der Waals surface area contributed by atoms with E-state index in [1.54, 1.807) is 31.4 Å². The number of aromatic nitrogens is 1. The topological polar surface area (TPSA) is 51.7 Å². The molecule has 144 valence electrons. The van der Waals surface area contributed by atoms with E-state index in [0.29, 0.717) is 43.1 Å². The number of alkyl halides is 3. The van der Waals surface area contributed by atoms with Crippen LogP contribution in [0.25, 0.3) is 0 Å². The van der Waals surface area contributed by atoms with Gasteiger partial charge in [-0.2, -0.15) is 0 Å². The maximum Gasteiger partial charge on any atom is 0.573 e. The molecule has 2 aromatic rings. The zero-order valence-corrected chi connectivity index (χ0v) is 14.7. The molecular weight excluding hydrogens is 361 g/mol. The van der Waals surface area contributed by atoms with Gasteiger partial charge >= 0.3 is 6.36 Å². The summed E-state index contributed by atoms with van der Waals surface area (Å²) in [6, 6.07) is 9.77. The van der Waals surface area contributed by atoms with Crippen LogP contribution >= 0.6 is 0 Å². The summed E-state index contributed by atoms with van der Waals surface area (Å²) in [6.45, 7) is 1.22. The van der Waals surface area contributed by atoms with Crippen molar-refractivity contribution in [3.8, 4) is 11.5 Å². The van der Waals surface area contributed by atoms with Gasteiger partial charge in [-0.25, -0.2) is 4.98 Å². The van der Waals surface area contributed by atoms with Crippen molar-refractivity contribution in [3.63, 3.8) is 0 Å². The van der Waals surface area contributed by atoms with Gasteiger partial charge in [0.05, 0.1) is 13.3 Å². The second-order valence-corrected chi connectivity index (χ2v) is 6.25. The lowest BCUT2D eigenvalue weighted by molar-refractivity contribution is -0.274. The predicted octanol–water partition coefficient (Wildman–Crippen LogP) is 4.09. The highest BCUT2D eigenvalue weighted by atomic mass is 19.4. The average Bonchev–Trinajstić information content (AvgIpc) is 2.67. The summed E-state index contributed by atoms with van der Waals surface area (Å²) < 4.78 is 45.5. The minimum Gasteiger partial charge on any atom is -0.497 e. The van der Waals surface area contributed by atoms with Crippen LogP contribution in [0.15, 0.2) is 42.6 Å². The minimum atomic E-state index is -4.73. The molecule has 3 rings (SSSR count). The highest BCUT2D eigenvalue weighted by molar-refractivity contribution is 5.98. The highest BCUT2D eigenvalue weighted by Crippen LogP contribution is 2.27. The van der Waals surface area contributed by atoms with Gasteiger partial charge in [-0.1, -0.05) is 0 Å². The zero-order chi connectivity index (χ0) is 19.4. The summed E-state index contributed by atoms with van der Waals surface area (Å²) in [7, 11) is 1.57. The Kier molecular flexibility index (Phi) is 5.53. The standard InChI is InChI=1S/C19H19F3N2O3/c1-26-15-4-2-13(3-5-15)18(25)14-8-10-24(11-9-14)17-7-6-16(12-23-17)27-19(20,21)22/h2-7,12,14H,8-11H2,1H3. The molecule has 1 aliphatic rings. The van der Waals surface area contributed by atoms with E-state index in [9.17, 15) is 18.0 Å². The van der Waals surface area contributed by atoms with E-state index in [1.807, 2.05) is 4.90 Å². The van der Waals surface area contributed by atoms with Gasteiger partial charge in [0.25, 0.3) is 0 Å². The fraction of sp³-hybridized carbons (Fsp3) is 0.368. The van der Waals surface area contributed by atoms with E-state index in [4.69, 9.17) is 4.74 Å². The molecule has 1 fully saturated rings. The van der Waals surface area contributed by atoms with Gasteiger partial charge in [0.15, 0.2) is 5.78 Å². The predicted molar refractivity (Wildman–Crippen MR) is 93.2 cm³/mol. The van der Waals surface area contributed by atoms with Crippen LogP contribution in [-0.4, -0.2) is 37.3 Å². The van der Waals surface area contributed by atoms with E-state index >= 15 is 0 Å². The molecule has 0 unspecified atom stereocenters. The summed E-state index contributed by atoms with van der Waals surface area (Å²) in [6.07, 6.45) is -2.36. The summed E-state index contributed by atoms with van der Waals surface area (Å²) in [5, 5.41) is 0. The number of halogens is 3. The molecule has 1 saturated heterocycles. The third kappa shape index (κ3) is 4.90. The molecule has 0 aliphatic carbocycles. The first-order valence-corrected chi connectivity index (χ1v) is 8.51. The second-order valence-electron chi connectivity index (χ2n) is 6.25. The molecule has 1 aromatic carbocycles. The average molecular weight is 380 g/mol. The number of pyridine rings is 1. The normalized spacial score (nSPS) is 15.5. The van der Waals surface area contributed by atoms with Crippen LogP contribution in [0.3, 0.4) is 0 Å². The van der Waals surface area contributed by atoms with E-state index in [2.05, 4.69) is 9.72 Å². The van der Waals surface area contributed by atoms with Crippen LogP contribution in [0.1, 0.15) is 23.2 Å². The van der Waals surface area contributed by atoms with Crippen LogP contribution < -0.4 is 14.4 Å². The third-order valence-corrected chi connectivity index (χ3v) is 4.52. The molecule has 2 heterocycles. The van der Waals surface area contributed by atoms with Crippen molar-refractivity contribution in [2.75, 3.05) is 25.1 Å². The van der Waals surface area contributed by atoms with Crippen LogP contribution in [-0.2, 0) is 0 Å². The van der Waals surface area contributed by atoms with Crippen LogP contribution in [0.4, 0.5) is 19.0 Å². The Bertz CT molecular complexity index is 768. The molecule has 0 bridgehead atoms. The zero-order valence-electron chi connectivity index (χ0n) is 14.7. The summed E-state index contributed by atoms with van der Waals surface area (Å²) in [5.41, 5.74) is 0.654. The van der Waals surface area contributed by atoms with Crippen LogP contribution in [0.2, 0.25) is 0 Å². The van der Waals surface area contributed by atoms with Crippen molar-refractivity contribution in [3.05, 3.63) is 48.2 Å². The van der Waals surface area contributed by atoms with Crippen molar-refractivity contribution >= 4 is 11.6 Å². The number of anilines is 1. The number of piperidine rings is 1. The Morgan fingerprint density at radius 2 is 1.70 bits per heavy atom. The maximum absolute atomic E-state index is 12.6. The quantitative estimate of drug-likeness (QED) is 0.732. The van der Waals surface area contributed by atoms with Crippen molar-refractivity contribution in [2.45, 2.75) is 19.2 Å². The molecule has 1 aromatic heterocycles. The van der Waals surface area contributed by atoms with E-state index in [0.717, 1.165) is 6.20 Å². The number of Topliss-reactive ketones (excluding diaryl/α,β-unsaturated/α-hetero) is 1. The highest BCUT2D eigenvalue weighted by Gasteiger charge is 2.31. The number of ether oxygens (including phenoxy) is 2. The Hall–Kier alpha value is -2.77. The molecular formula is C19H19F3N2O3. The number of methoxy groups -OCH3 is 1. The Balaban J connectivity index is 1.57. The lowest BCUT2D eigenvalue weighted by atomic mass is 9.89. The first-order valence-electron chi connectivity index (χ1n) is 8.51. The fourth-order valence-corrected chi connectivity index (χ4v) is 3.12. The van der Waals surface area contributed by atoms with Gasteiger partial charge < -0.3 is 14.4 Å². The molecule has 27 heavy (non-hydrogen) atoms. The first-order chi connectivity index (χ1) is 12.9. The van der Waals surface area contributed by atoms with Crippen molar-refractivity contribution in [1.82, 2.24) is 4.98 Å². The van der Waals surface area contributed by atoms with Gasteiger partial charge in [0.1, 0.15) is 17.3 Å². The van der Waals surface area contributed by atoms with Gasteiger partial charge in [0, 0.05) is 24.6 Å². The van der Waals surface area contributed by atoms with Crippen molar-refractivity contribution < 1.29 is 27.4 Å². The molecule has 0 amide bonds. The first kappa shape index (κ1) is 19.0. The molecule has 0 radical (unpaired) electrons. The van der Waals surface area contributed by atoms with Crippen LogP contribution in [0.5, 0.6) is 11.5 Å². The summed E-state index contributed by atoms with van der Waals surface area (Å²) >= 11 is 0. The third-order valence-electron chi connectivity index (χ3n) is 4.52. The van der Waals surface area contributed by atoms with Gasteiger partial charge in [-0.05, 0) is 49.2 Å². The Labute approximate surface area is 154 Å². The van der Waals surface area contributed by atoms with Crippen LogP contribution in [0, 0.1) is 5.92 Å². The lowest BCUT2D eigenvalue weighted by Gasteiger charge is -2.32. The smallest absolute Gasteiger partial charge is 0.497 e. The van der Waals surface area contributed by atoms with E-state index in [1.165, 1.54) is 12.1 Å². The number of ketones is 1. The Morgan fingerprint density at radius 1 is 1.07 bits per heavy atom. The monoisotopic (exact) mass is 380 g/mol. The van der Waals surface area contributed by atoms with Gasteiger partial charge in [-0.3, -0.25) is 4.79 Å². The Morgan fingerprint density at radius 3 is 2.22 bits per heavy atom. The number of hydrogen-bond donors (Lipinski definition) is 0. The number of carbonyl (C=O) groups is 1. The largest absolute Gasteiger partial charge is 0.573 e. The number of rotatable bonds is 5. The molecule has 0 atom stereocenters. The van der Waals surface area contributed by atoms with Crippen molar-refractivity contribution in [1.29, 1.82) is 0 Å². The molecule has 5 nitrogen and oxygen atoms in total. The van der Waals surface area contributed by atoms with Crippen molar-refractivity contribution in [2.24, 2.45) is 5.92 Å². The molecule has 0 N–H and O–H groups in total. The van der Waals surface area contributed by atoms with E-state index in [-0.39, 0.29) is 17.5 Å². The fourth-order valence-electron chi connectivity index (χ4n) is 3.12. The summed E-state index contributed by atoms with van der Waals surface area (Å²) in [5.74, 6) is 0.933.